The highest BCUT2D eigenvalue weighted by molar-refractivity contribution is 6.16. The molecule has 0 unspecified atom stereocenters. The lowest BCUT2D eigenvalue weighted by Gasteiger charge is -2.13. The van der Waals surface area contributed by atoms with E-state index < -0.39 is 42.8 Å². The fourth-order valence-electron chi connectivity index (χ4n) is 1.79. The van der Waals surface area contributed by atoms with Crippen LogP contribution in [0.1, 0.15) is 0 Å². The van der Waals surface area contributed by atoms with Crippen molar-refractivity contribution in [3.63, 3.8) is 0 Å². The van der Waals surface area contributed by atoms with Gasteiger partial charge in [0.25, 0.3) is 11.8 Å². The second-order valence-corrected chi connectivity index (χ2v) is 3.68. The van der Waals surface area contributed by atoms with Crippen LogP contribution >= 0.6 is 0 Å². The van der Waals surface area contributed by atoms with Gasteiger partial charge in [-0.2, -0.15) is 0 Å². The van der Waals surface area contributed by atoms with E-state index in [2.05, 4.69) is 0 Å². The van der Waals surface area contributed by atoms with E-state index in [1.807, 2.05) is 5.32 Å². The molecule has 0 aromatic heterocycles. The van der Waals surface area contributed by atoms with Crippen molar-refractivity contribution in [2.75, 3.05) is 6.61 Å². The Morgan fingerprint density at radius 1 is 1.31 bits per heavy atom. The van der Waals surface area contributed by atoms with E-state index >= 15 is 0 Å². The van der Waals surface area contributed by atoms with Crippen LogP contribution in [0.5, 0.6) is 0 Å². The van der Waals surface area contributed by atoms with Crippen LogP contribution in [-0.2, 0) is 14.3 Å². The maximum Gasteiger partial charge on any atom is 0.256 e. The Labute approximate surface area is 90.3 Å². The summed E-state index contributed by atoms with van der Waals surface area (Å²) in [6.07, 6.45) is -3.63. The van der Waals surface area contributed by atoms with E-state index in [9.17, 15) is 19.8 Å². The largest absolute Gasteiger partial charge is 0.394 e. The Morgan fingerprint density at radius 3 is 2.44 bits per heavy atom. The van der Waals surface area contributed by atoms with Gasteiger partial charge in [0.15, 0.2) is 0 Å². The Kier molecular flexibility index (Phi) is 2.76. The third-order valence-corrected chi connectivity index (χ3v) is 2.63. The van der Waals surface area contributed by atoms with Crippen molar-refractivity contribution >= 4 is 11.8 Å². The zero-order valence-electron chi connectivity index (χ0n) is 8.16. The van der Waals surface area contributed by atoms with E-state index in [1.165, 1.54) is 0 Å². The Morgan fingerprint density at radius 2 is 2.00 bits per heavy atom. The van der Waals surface area contributed by atoms with Gasteiger partial charge in [0.05, 0.1) is 12.2 Å². The lowest BCUT2D eigenvalue weighted by Crippen LogP contribution is -2.36. The van der Waals surface area contributed by atoms with Gasteiger partial charge in [-0.15, -0.1) is 0 Å². The molecule has 0 aliphatic carbocycles. The maximum atomic E-state index is 11.3. The lowest BCUT2D eigenvalue weighted by atomic mass is 10.0. The number of aliphatic hydroxyl groups is 3. The molecule has 4 N–H and O–H groups in total. The second kappa shape index (κ2) is 3.95. The van der Waals surface area contributed by atoms with Crippen LogP contribution in [0.15, 0.2) is 11.6 Å². The third-order valence-electron chi connectivity index (χ3n) is 2.63. The van der Waals surface area contributed by atoms with E-state index in [0.29, 0.717) is 0 Å². The minimum atomic E-state index is -1.33. The molecule has 0 radical (unpaired) electrons. The molecule has 2 heterocycles. The molecule has 0 bridgehead atoms. The van der Waals surface area contributed by atoms with Crippen LogP contribution in [-0.4, -0.2) is 58.2 Å². The molecule has 88 valence electrons. The molecule has 0 aromatic carbocycles. The van der Waals surface area contributed by atoms with Gasteiger partial charge in [-0.25, -0.2) is 0 Å². The van der Waals surface area contributed by atoms with Crippen LogP contribution < -0.4 is 5.32 Å². The molecule has 2 rings (SSSR count). The number of aliphatic hydroxyl groups excluding tert-OH is 3. The number of imide groups is 1. The summed E-state index contributed by atoms with van der Waals surface area (Å²) in [7, 11) is 0. The molecule has 0 spiro atoms. The Balaban J connectivity index is 2.20. The normalized spacial score (nSPS) is 38.8. The van der Waals surface area contributed by atoms with E-state index in [4.69, 9.17) is 9.84 Å². The first-order chi connectivity index (χ1) is 7.54. The summed E-state index contributed by atoms with van der Waals surface area (Å²) in [4.78, 5) is 22.2. The molecule has 2 amide bonds. The van der Waals surface area contributed by atoms with Crippen molar-refractivity contribution in [1.82, 2.24) is 5.32 Å². The van der Waals surface area contributed by atoms with Crippen molar-refractivity contribution in [3.05, 3.63) is 11.6 Å². The van der Waals surface area contributed by atoms with Crippen LogP contribution in [0.25, 0.3) is 0 Å². The topological polar surface area (TPSA) is 116 Å². The number of nitrogens with one attached hydrogen (secondary N) is 1. The molecule has 4 atom stereocenters. The number of hydrogen-bond donors (Lipinski definition) is 4. The first-order valence-electron chi connectivity index (χ1n) is 4.74. The molecule has 2 aliphatic rings. The zero-order chi connectivity index (χ0) is 11.9. The molecule has 2 aliphatic heterocycles. The molecule has 0 saturated carbocycles. The summed E-state index contributed by atoms with van der Waals surface area (Å²) in [6.45, 7) is -0.475. The average Bonchev–Trinajstić information content (AvgIpc) is 2.70. The molecular weight excluding hydrogens is 218 g/mol. The van der Waals surface area contributed by atoms with E-state index in [0.717, 1.165) is 6.08 Å². The summed E-state index contributed by atoms with van der Waals surface area (Å²) in [6, 6.07) is 0. The monoisotopic (exact) mass is 229 g/mol. The number of carbonyl (C=O) groups excluding carboxylic acids is 2. The number of rotatable bonds is 2. The molecule has 7 nitrogen and oxygen atoms in total. The van der Waals surface area contributed by atoms with Gasteiger partial charge in [-0.05, 0) is 0 Å². The van der Waals surface area contributed by atoms with Gasteiger partial charge in [-0.3, -0.25) is 14.9 Å². The highest BCUT2D eigenvalue weighted by Crippen LogP contribution is 2.27. The fourth-order valence-corrected chi connectivity index (χ4v) is 1.79. The van der Waals surface area contributed by atoms with Gasteiger partial charge in [0, 0.05) is 6.08 Å². The van der Waals surface area contributed by atoms with Crippen molar-refractivity contribution < 1.29 is 29.6 Å². The third kappa shape index (κ3) is 1.63. The van der Waals surface area contributed by atoms with Crippen LogP contribution in [0.4, 0.5) is 0 Å². The molecule has 1 saturated heterocycles. The Bertz CT molecular complexity index is 365. The van der Waals surface area contributed by atoms with Gasteiger partial charge in [-0.1, -0.05) is 0 Å². The number of hydrogen-bond acceptors (Lipinski definition) is 6. The van der Waals surface area contributed by atoms with Crippen molar-refractivity contribution in [2.45, 2.75) is 24.4 Å². The zero-order valence-corrected chi connectivity index (χ0v) is 8.16. The van der Waals surface area contributed by atoms with Crippen LogP contribution in [0.3, 0.4) is 0 Å². The molecule has 1 fully saturated rings. The van der Waals surface area contributed by atoms with E-state index in [-0.39, 0.29) is 5.57 Å². The molecular formula is C9H11NO6. The van der Waals surface area contributed by atoms with Gasteiger partial charge in [0.2, 0.25) is 0 Å². The number of carbonyl (C=O) groups is 2. The van der Waals surface area contributed by atoms with Crippen LogP contribution in [0.2, 0.25) is 0 Å². The average molecular weight is 229 g/mol. The predicted molar refractivity (Wildman–Crippen MR) is 49.0 cm³/mol. The molecule has 16 heavy (non-hydrogen) atoms. The summed E-state index contributed by atoms with van der Waals surface area (Å²) in [5.41, 5.74) is -0.0347. The highest BCUT2D eigenvalue weighted by atomic mass is 16.6. The quantitative estimate of drug-likeness (QED) is 0.376. The maximum absolute atomic E-state index is 11.3. The fraction of sp³-hybridized carbons (Fsp3) is 0.556. The smallest absolute Gasteiger partial charge is 0.256 e. The van der Waals surface area contributed by atoms with Crippen molar-refractivity contribution in [3.8, 4) is 0 Å². The number of amides is 2. The minimum Gasteiger partial charge on any atom is -0.394 e. The summed E-state index contributed by atoms with van der Waals surface area (Å²) >= 11 is 0. The van der Waals surface area contributed by atoms with Gasteiger partial charge >= 0.3 is 0 Å². The second-order valence-electron chi connectivity index (χ2n) is 3.68. The van der Waals surface area contributed by atoms with Crippen molar-refractivity contribution in [2.24, 2.45) is 0 Å². The van der Waals surface area contributed by atoms with Crippen molar-refractivity contribution in [1.29, 1.82) is 0 Å². The summed E-state index contributed by atoms with van der Waals surface area (Å²) in [5.74, 6) is -1.24. The van der Waals surface area contributed by atoms with Gasteiger partial charge < -0.3 is 20.1 Å². The number of ether oxygens (including phenoxy) is 1. The van der Waals surface area contributed by atoms with E-state index in [1.54, 1.807) is 0 Å². The molecule has 7 heteroatoms. The summed E-state index contributed by atoms with van der Waals surface area (Å²) < 4.78 is 5.11. The molecule has 0 aromatic rings. The standard InChI is InChI=1S/C9H11NO6/c11-2-4-6(13)7(14)8(16-4)3-1-5(12)10-9(3)15/h1,4,6-8,11,13-14H,2H2,(H,10,12,15)/t4-,6-,7+,8+/m1/s1. The SMILES string of the molecule is O=C1C=C([C@@H]2O[C@H](CO)[C@@H](O)[C@@H]2O)C(=O)N1. The minimum absolute atomic E-state index is 0.0347. The van der Waals surface area contributed by atoms with Gasteiger partial charge in [0.1, 0.15) is 24.4 Å². The highest BCUT2D eigenvalue weighted by Gasteiger charge is 2.46. The summed E-state index contributed by atoms with van der Waals surface area (Å²) in [5, 5.41) is 29.9. The lowest BCUT2D eigenvalue weighted by molar-refractivity contribution is -0.124. The Hall–Kier alpha value is -1.28. The van der Waals surface area contributed by atoms with Crippen LogP contribution in [0, 0.1) is 0 Å². The predicted octanol–water partition coefficient (Wildman–Crippen LogP) is -2.95. The first-order valence-corrected chi connectivity index (χ1v) is 4.74. The first kappa shape index (κ1) is 11.2.